The van der Waals surface area contributed by atoms with Crippen molar-refractivity contribution in [2.75, 3.05) is 0 Å². The predicted molar refractivity (Wildman–Crippen MR) is 38.5 cm³/mol. The van der Waals surface area contributed by atoms with Crippen molar-refractivity contribution in [2.45, 2.75) is 38.1 Å². The fourth-order valence-electron chi connectivity index (χ4n) is 2.56. The molecule has 0 aliphatic heterocycles. The molecule has 3 saturated carbocycles. The molecule has 0 aromatic carbocycles. The van der Waals surface area contributed by atoms with E-state index in [9.17, 15) is 4.79 Å². The Hall–Kier alpha value is -0.370. The van der Waals surface area contributed by atoms with Gasteiger partial charge in [-0.05, 0) is 32.6 Å². The number of carbonyl (C=O) groups is 1. The van der Waals surface area contributed by atoms with Gasteiger partial charge in [0.25, 0.3) is 0 Å². The molecular formula is C8H13NO. The summed E-state index contributed by atoms with van der Waals surface area (Å²) in [4.78, 5) is 11.1. The van der Waals surface area contributed by atoms with Gasteiger partial charge < -0.3 is 5.73 Å². The van der Waals surface area contributed by atoms with Gasteiger partial charge in [-0.25, -0.2) is 0 Å². The maximum atomic E-state index is 11.1. The molecule has 0 amide bonds. The molecule has 2 bridgehead atoms. The molecule has 0 aromatic rings. The Balaban J connectivity index is 2.20. The Morgan fingerprint density at radius 3 is 2.20 bits per heavy atom. The van der Waals surface area contributed by atoms with E-state index in [1.807, 2.05) is 0 Å². The van der Waals surface area contributed by atoms with Crippen LogP contribution in [0.1, 0.15) is 32.6 Å². The number of ketones is 1. The third-order valence-electron chi connectivity index (χ3n) is 3.23. The molecule has 2 N–H and O–H groups in total. The zero-order chi connectivity index (χ0) is 7.41. The lowest BCUT2D eigenvalue weighted by atomic mass is 9.64. The van der Waals surface area contributed by atoms with Crippen LogP contribution in [0, 0.1) is 5.41 Å². The van der Waals surface area contributed by atoms with E-state index in [4.69, 9.17) is 5.73 Å². The van der Waals surface area contributed by atoms with Crippen LogP contribution in [0.3, 0.4) is 0 Å². The van der Waals surface area contributed by atoms with Gasteiger partial charge in [0.15, 0.2) is 0 Å². The molecule has 0 saturated heterocycles. The van der Waals surface area contributed by atoms with Crippen LogP contribution in [0.5, 0.6) is 0 Å². The second-order valence-electron chi connectivity index (χ2n) is 4.05. The van der Waals surface area contributed by atoms with Crippen LogP contribution in [0.15, 0.2) is 0 Å². The van der Waals surface area contributed by atoms with Crippen molar-refractivity contribution in [2.24, 2.45) is 11.1 Å². The minimum absolute atomic E-state index is 0.0365. The first kappa shape index (κ1) is 6.35. The summed E-state index contributed by atoms with van der Waals surface area (Å²) in [5.41, 5.74) is 6.01. The highest BCUT2D eigenvalue weighted by Crippen LogP contribution is 2.60. The lowest BCUT2D eigenvalue weighted by molar-refractivity contribution is -0.130. The number of Topliss-reactive ketones (excluding diaryl/α,β-unsaturated/α-hetero) is 1. The summed E-state index contributed by atoms with van der Waals surface area (Å²) >= 11 is 0. The van der Waals surface area contributed by atoms with Crippen molar-refractivity contribution >= 4 is 5.78 Å². The van der Waals surface area contributed by atoms with Crippen molar-refractivity contribution in [3.8, 4) is 0 Å². The third kappa shape index (κ3) is 0.553. The second kappa shape index (κ2) is 1.45. The smallest absolute Gasteiger partial charge is 0.136 e. The molecule has 2 nitrogen and oxygen atoms in total. The first-order chi connectivity index (χ1) is 4.56. The maximum Gasteiger partial charge on any atom is 0.136 e. The summed E-state index contributed by atoms with van der Waals surface area (Å²) in [7, 11) is 0. The molecule has 0 unspecified atom stereocenters. The van der Waals surface area contributed by atoms with Crippen LogP contribution in [0.25, 0.3) is 0 Å². The number of carbonyl (C=O) groups excluding carboxylic acids is 1. The molecule has 3 rings (SSSR count). The lowest BCUT2D eigenvalue weighted by Crippen LogP contribution is -2.52. The number of hydrogen-bond donors (Lipinski definition) is 1. The molecule has 2 heteroatoms. The van der Waals surface area contributed by atoms with E-state index >= 15 is 0 Å². The second-order valence-corrected chi connectivity index (χ2v) is 4.05. The van der Waals surface area contributed by atoms with Gasteiger partial charge in [0.1, 0.15) is 5.78 Å². The first-order valence-electron chi connectivity index (χ1n) is 3.86. The molecule has 0 heterocycles. The van der Waals surface area contributed by atoms with E-state index in [0.717, 1.165) is 25.7 Å². The molecule has 3 aliphatic rings. The summed E-state index contributed by atoms with van der Waals surface area (Å²) in [5.74, 6) is 0.353. The van der Waals surface area contributed by atoms with E-state index < -0.39 is 0 Å². The van der Waals surface area contributed by atoms with Gasteiger partial charge in [-0.1, -0.05) is 0 Å². The fraction of sp³-hybridized carbons (Fsp3) is 0.875. The van der Waals surface area contributed by atoms with Gasteiger partial charge in [-0.3, -0.25) is 4.79 Å². The van der Waals surface area contributed by atoms with Gasteiger partial charge in [0.2, 0.25) is 0 Å². The largest absolute Gasteiger partial charge is 0.325 e. The molecule has 3 fully saturated rings. The number of hydrogen-bond acceptors (Lipinski definition) is 2. The summed E-state index contributed by atoms with van der Waals surface area (Å²) in [5, 5.41) is 0. The van der Waals surface area contributed by atoms with E-state index in [1.165, 1.54) is 0 Å². The van der Waals surface area contributed by atoms with E-state index in [1.54, 1.807) is 6.92 Å². The SMILES string of the molecule is CC(=O)C12CCC(N)(C1)C2. The van der Waals surface area contributed by atoms with E-state index in [-0.39, 0.29) is 11.0 Å². The van der Waals surface area contributed by atoms with Crippen LogP contribution in [-0.4, -0.2) is 11.3 Å². The monoisotopic (exact) mass is 139 g/mol. The molecule has 3 aliphatic carbocycles. The Morgan fingerprint density at radius 2 is 2.00 bits per heavy atom. The minimum atomic E-state index is 0.0365. The zero-order valence-corrected chi connectivity index (χ0v) is 6.31. The van der Waals surface area contributed by atoms with Gasteiger partial charge in [-0.2, -0.15) is 0 Å². The quantitative estimate of drug-likeness (QED) is 0.585. The number of rotatable bonds is 1. The van der Waals surface area contributed by atoms with Crippen LogP contribution < -0.4 is 5.73 Å². The van der Waals surface area contributed by atoms with Crippen molar-refractivity contribution < 1.29 is 4.79 Å². The van der Waals surface area contributed by atoms with Crippen molar-refractivity contribution in [3.63, 3.8) is 0 Å². The van der Waals surface area contributed by atoms with Crippen molar-refractivity contribution in [1.82, 2.24) is 0 Å². The van der Waals surface area contributed by atoms with Gasteiger partial charge >= 0.3 is 0 Å². The highest BCUT2D eigenvalue weighted by atomic mass is 16.1. The Bertz CT molecular complexity index is 191. The first-order valence-corrected chi connectivity index (χ1v) is 3.86. The van der Waals surface area contributed by atoms with E-state index in [0.29, 0.717) is 5.78 Å². The summed E-state index contributed by atoms with van der Waals surface area (Å²) in [6.45, 7) is 1.70. The molecule has 0 radical (unpaired) electrons. The lowest BCUT2D eigenvalue weighted by Gasteiger charge is -2.43. The average Bonchev–Trinajstić information content (AvgIpc) is 2.19. The normalized spacial score (nSPS) is 50.6. The fourth-order valence-corrected chi connectivity index (χ4v) is 2.56. The standard InChI is InChI=1S/C8H13NO/c1-6(10)7-2-3-8(9,4-7)5-7/h2-5,9H2,1H3. The van der Waals surface area contributed by atoms with Crippen LogP contribution in [0.2, 0.25) is 0 Å². The molecule has 0 aromatic heterocycles. The van der Waals surface area contributed by atoms with Crippen molar-refractivity contribution in [3.05, 3.63) is 0 Å². The third-order valence-corrected chi connectivity index (χ3v) is 3.23. The minimum Gasteiger partial charge on any atom is -0.325 e. The Kier molecular flexibility index (Phi) is 0.919. The molecule has 0 spiro atoms. The van der Waals surface area contributed by atoms with Crippen LogP contribution in [-0.2, 0) is 4.79 Å². The highest BCUT2D eigenvalue weighted by Gasteiger charge is 2.60. The van der Waals surface area contributed by atoms with Gasteiger partial charge in [0, 0.05) is 11.0 Å². The maximum absolute atomic E-state index is 11.1. The summed E-state index contributed by atoms with van der Waals surface area (Å²) in [6, 6.07) is 0. The van der Waals surface area contributed by atoms with Gasteiger partial charge in [0.05, 0.1) is 0 Å². The van der Waals surface area contributed by atoms with Crippen LogP contribution in [0.4, 0.5) is 0 Å². The Labute approximate surface area is 60.8 Å². The molecular weight excluding hydrogens is 126 g/mol. The highest BCUT2D eigenvalue weighted by molar-refractivity contribution is 5.84. The van der Waals surface area contributed by atoms with Crippen molar-refractivity contribution in [1.29, 1.82) is 0 Å². The Morgan fingerprint density at radius 1 is 1.40 bits per heavy atom. The zero-order valence-electron chi connectivity index (χ0n) is 6.31. The summed E-state index contributed by atoms with van der Waals surface area (Å²) < 4.78 is 0. The van der Waals surface area contributed by atoms with E-state index in [2.05, 4.69) is 0 Å². The van der Waals surface area contributed by atoms with Crippen LogP contribution >= 0.6 is 0 Å². The predicted octanol–water partition coefficient (Wildman–Crippen LogP) is 0.847. The summed E-state index contributed by atoms with van der Waals surface area (Å²) in [6.07, 6.45) is 4.01. The molecule has 10 heavy (non-hydrogen) atoms. The number of fused-ring (bicyclic) bond motifs is 1. The average molecular weight is 139 g/mol. The molecule has 0 atom stereocenters. The number of nitrogens with two attached hydrogens (primary N) is 1. The van der Waals surface area contributed by atoms with Gasteiger partial charge in [-0.15, -0.1) is 0 Å². The topological polar surface area (TPSA) is 43.1 Å². The molecule has 56 valence electrons.